The van der Waals surface area contributed by atoms with Crippen LogP contribution in [0.1, 0.15) is 6.92 Å². The Morgan fingerprint density at radius 3 is 2.82 bits per heavy atom. The smallest absolute Gasteiger partial charge is 0.228 e. The first-order valence-electron chi connectivity index (χ1n) is 5.03. The van der Waals surface area contributed by atoms with E-state index in [1.807, 2.05) is 0 Å². The van der Waals surface area contributed by atoms with Crippen LogP contribution in [0.2, 0.25) is 5.02 Å². The number of anilines is 1. The van der Waals surface area contributed by atoms with E-state index < -0.39 is 0 Å². The number of methoxy groups -OCH3 is 1. The van der Waals surface area contributed by atoms with Gasteiger partial charge in [0, 0.05) is 17.5 Å². The molecule has 0 fully saturated rings. The number of rotatable bonds is 4. The minimum atomic E-state index is -0.266. The molecule has 17 heavy (non-hydrogen) atoms. The van der Waals surface area contributed by atoms with Crippen LogP contribution < -0.4 is 15.8 Å². The highest BCUT2D eigenvalue weighted by molar-refractivity contribution is 9.10. The third kappa shape index (κ3) is 3.59. The molecule has 0 aromatic heterocycles. The summed E-state index contributed by atoms with van der Waals surface area (Å²) in [5.74, 6) is 0.101. The normalized spacial score (nSPS) is 12.1. The third-order valence-electron chi connectivity index (χ3n) is 2.27. The number of benzene rings is 1. The molecule has 3 N–H and O–H groups in total. The van der Waals surface area contributed by atoms with E-state index in [1.165, 1.54) is 7.11 Å². The van der Waals surface area contributed by atoms with E-state index >= 15 is 0 Å². The van der Waals surface area contributed by atoms with Crippen molar-refractivity contribution in [2.24, 2.45) is 11.7 Å². The third-order valence-corrected chi connectivity index (χ3v) is 3.08. The second kappa shape index (κ2) is 6.23. The van der Waals surface area contributed by atoms with Crippen LogP contribution in [-0.4, -0.2) is 19.6 Å². The number of hydrogen-bond acceptors (Lipinski definition) is 3. The number of carbonyl (C=O) groups excluding carboxylic acids is 1. The lowest BCUT2D eigenvalue weighted by atomic mass is 10.1. The average Bonchev–Trinajstić information content (AvgIpc) is 2.27. The Kier molecular flexibility index (Phi) is 5.24. The Morgan fingerprint density at radius 2 is 2.29 bits per heavy atom. The van der Waals surface area contributed by atoms with Gasteiger partial charge in [0.1, 0.15) is 0 Å². The first-order chi connectivity index (χ1) is 7.99. The van der Waals surface area contributed by atoms with Gasteiger partial charge in [-0.05, 0) is 28.1 Å². The van der Waals surface area contributed by atoms with Gasteiger partial charge in [-0.2, -0.15) is 0 Å². The molecule has 1 unspecified atom stereocenters. The summed E-state index contributed by atoms with van der Waals surface area (Å²) in [5, 5.41) is 3.24. The van der Waals surface area contributed by atoms with Crippen LogP contribution in [0.5, 0.6) is 5.75 Å². The lowest BCUT2D eigenvalue weighted by Gasteiger charge is -2.14. The van der Waals surface area contributed by atoms with Crippen molar-refractivity contribution in [3.63, 3.8) is 0 Å². The molecule has 0 bridgehead atoms. The summed E-state index contributed by atoms with van der Waals surface area (Å²) < 4.78 is 5.88. The predicted octanol–water partition coefficient (Wildman–Crippen LogP) is 2.64. The molecule has 1 rings (SSSR count). The monoisotopic (exact) mass is 320 g/mol. The van der Waals surface area contributed by atoms with E-state index in [9.17, 15) is 4.79 Å². The first-order valence-corrected chi connectivity index (χ1v) is 6.20. The van der Waals surface area contributed by atoms with Gasteiger partial charge >= 0.3 is 0 Å². The maximum absolute atomic E-state index is 11.7. The number of carbonyl (C=O) groups is 1. The predicted molar refractivity (Wildman–Crippen MR) is 72.6 cm³/mol. The van der Waals surface area contributed by atoms with E-state index in [0.717, 1.165) is 0 Å². The molecule has 4 nitrogen and oxygen atoms in total. The van der Waals surface area contributed by atoms with Crippen LogP contribution >= 0.6 is 27.5 Å². The summed E-state index contributed by atoms with van der Waals surface area (Å²) in [7, 11) is 1.52. The lowest BCUT2D eigenvalue weighted by molar-refractivity contribution is -0.119. The molecular formula is C11H14BrClN2O2. The molecule has 0 aliphatic heterocycles. The van der Waals surface area contributed by atoms with Crippen molar-refractivity contribution in [1.29, 1.82) is 0 Å². The molecular weight excluding hydrogens is 307 g/mol. The Bertz CT molecular complexity index is 426. The average molecular weight is 322 g/mol. The fourth-order valence-corrected chi connectivity index (χ4v) is 2.20. The zero-order valence-corrected chi connectivity index (χ0v) is 11.9. The van der Waals surface area contributed by atoms with E-state index in [0.29, 0.717) is 20.9 Å². The minimum Gasteiger partial charge on any atom is -0.493 e. The fourth-order valence-electron chi connectivity index (χ4n) is 1.22. The number of nitrogens with one attached hydrogen (secondary N) is 1. The summed E-state index contributed by atoms with van der Waals surface area (Å²) in [4.78, 5) is 11.7. The maximum atomic E-state index is 11.7. The van der Waals surface area contributed by atoms with E-state index in [2.05, 4.69) is 21.2 Å². The largest absolute Gasteiger partial charge is 0.493 e. The molecule has 0 heterocycles. The van der Waals surface area contributed by atoms with Crippen LogP contribution in [0.4, 0.5) is 5.69 Å². The summed E-state index contributed by atoms with van der Waals surface area (Å²) in [5.41, 5.74) is 5.95. The van der Waals surface area contributed by atoms with Gasteiger partial charge in [0.05, 0.1) is 17.3 Å². The van der Waals surface area contributed by atoms with Crippen molar-refractivity contribution < 1.29 is 9.53 Å². The lowest BCUT2D eigenvalue weighted by Crippen LogP contribution is -2.26. The number of ether oxygens (including phenoxy) is 1. The highest BCUT2D eigenvalue weighted by atomic mass is 79.9. The second-order valence-electron chi connectivity index (χ2n) is 3.59. The number of halogens is 2. The van der Waals surface area contributed by atoms with Crippen molar-refractivity contribution >= 4 is 39.1 Å². The first kappa shape index (κ1) is 14.3. The molecule has 1 atom stereocenters. The van der Waals surface area contributed by atoms with Crippen molar-refractivity contribution in [2.75, 3.05) is 19.0 Å². The molecule has 0 radical (unpaired) electrons. The molecule has 0 saturated carbocycles. The summed E-state index contributed by atoms with van der Waals surface area (Å²) >= 11 is 9.23. The van der Waals surface area contributed by atoms with Gasteiger partial charge in [-0.25, -0.2) is 0 Å². The Labute approximate surface area is 114 Å². The van der Waals surface area contributed by atoms with Crippen LogP contribution in [-0.2, 0) is 4.79 Å². The molecule has 6 heteroatoms. The second-order valence-corrected chi connectivity index (χ2v) is 4.89. The zero-order valence-electron chi connectivity index (χ0n) is 9.59. The number of nitrogens with two attached hydrogens (primary N) is 1. The summed E-state index contributed by atoms with van der Waals surface area (Å²) in [6, 6.07) is 3.33. The maximum Gasteiger partial charge on any atom is 0.228 e. The van der Waals surface area contributed by atoms with Gasteiger partial charge < -0.3 is 15.8 Å². The van der Waals surface area contributed by atoms with Crippen LogP contribution in [0, 0.1) is 5.92 Å². The molecule has 0 aliphatic carbocycles. The number of hydrogen-bond donors (Lipinski definition) is 2. The quantitative estimate of drug-likeness (QED) is 0.896. The molecule has 1 amide bonds. The highest BCUT2D eigenvalue weighted by Crippen LogP contribution is 2.36. The van der Waals surface area contributed by atoms with Gasteiger partial charge in [-0.3, -0.25) is 4.79 Å². The van der Waals surface area contributed by atoms with Crippen LogP contribution in [0.15, 0.2) is 16.6 Å². The SMILES string of the molecule is COc1c(Br)cc(Cl)cc1NC(=O)C(C)CN. The van der Waals surface area contributed by atoms with Gasteiger partial charge in [-0.15, -0.1) is 0 Å². The van der Waals surface area contributed by atoms with E-state index in [4.69, 9.17) is 22.1 Å². The molecule has 0 saturated heterocycles. The topological polar surface area (TPSA) is 64.3 Å². The Hall–Kier alpha value is -0.780. The Morgan fingerprint density at radius 1 is 1.65 bits per heavy atom. The standard InChI is InChI=1S/C11H14BrClN2O2/c1-6(5-14)11(16)15-9-4-7(13)3-8(12)10(9)17-2/h3-4,6H,5,14H2,1-2H3,(H,15,16). The highest BCUT2D eigenvalue weighted by Gasteiger charge is 2.15. The minimum absolute atomic E-state index is 0.167. The van der Waals surface area contributed by atoms with Gasteiger partial charge in [0.25, 0.3) is 0 Å². The summed E-state index contributed by atoms with van der Waals surface area (Å²) in [6.07, 6.45) is 0. The van der Waals surface area contributed by atoms with Crippen LogP contribution in [0.3, 0.4) is 0 Å². The van der Waals surface area contributed by atoms with Crippen molar-refractivity contribution in [1.82, 2.24) is 0 Å². The number of amides is 1. The Balaban J connectivity index is 3.01. The van der Waals surface area contributed by atoms with E-state index in [-0.39, 0.29) is 18.4 Å². The molecule has 1 aromatic rings. The molecule has 1 aromatic carbocycles. The van der Waals surface area contributed by atoms with Crippen molar-refractivity contribution in [2.45, 2.75) is 6.92 Å². The van der Waals surface area contributed by atoms with Gasteiger partial charge in [0.15, 0.2) is 5.75 Å². The molecule has 0 spiro atoms. The van der Waals surface area contributed by atoms with Crippen molar-refractivity contribution in [3.8, 4) is 5.75 Å². The fraction of sp³-hybridized carbons (Fsp3) is 0.364. The zero-order chi connectivity index (χ0) is 13.0. The van der Waals surface area contributed by atoms with E-state index in [1.54, 1.807) is 19.1 Å². The van der Waals surface area contributed by atoms with Gasteiger partial charge in [0.2, 0.25) is 5.91 Å². The van der Waals surface area contributed by atoms with Crippen LogP contribution in [0.25, 0.3) is 0 Å². The summed E-state index contributed by atoms with van der Waals surface area (Å²) in [6.45, 7) is 2.04. The molecule has 0 aliphatic rings. The molecule has 94 valence electrons. The van der Waals surface area contributed by atoms with Crippen molar-refractivity contribution in [3.05, 3.63) is 21.6 Å². The van der Waals surface area contributed by atoms with Gasteiger partial charge in [-0.1, -0.05) is 18.5 Å².